The van der Waals surface area contributed by atoms with Crippen molar-refractivity contribution in [3.63, 3.8) is 0 Å². The Balaban J connectivity index is 1.37. The van der Waals surface area contributed by atoms with Gasteiger partial charge in [0.1, 0.15) is 18.0 Å². The summed E-state index contributed by atoms with van der Waals surface area (Å²) >= 11 is 0. The van der Waals surface area contributed by atoms with E-state index in [1.54, 1.807) is 19.2 Å². The van der Waals surface area contributed by atoms with Crippen LogP contribution in [0.2, 0.25) is 0 Å². The fourth-order valence-corrected chi connectivity index (χ4v) is 9.00. The first-order chi connectivity index (χ1) is 17.2. The fourth-order valence-electron chi connectivity index (χ4n) is 9.00. The van der Waals surface area contributed by atoms with Crippen LogP contribution >= 0.6 is 0 Å². The number of aliphatic hydroxyl groups is 2. The van der Waals surface area contributed by atoms with Gasteiger partial charge in [0.2, 0.25) is 0 Å². The van der Waals surface area contributed by atoms with Gasteiger partial charge in [0.15, 0.2) is 5.78 Å². The third-order valence-corrected chi connectivity index (χ3v) is 10.6. The number of halogens is 1. The monoisotopic (exact) mass is 494 g/mol. The van der Waals surface area contributed by atoms with Crippen molar-refractivity contribution in [2.45, 2.75) is 64.1 Å². The molecule has 1 aromatic heterocycles. The Morgan fingerprint density at radius 1 is 1.25 bits per heavy atom. The van der Waals surface area contributed by atoms with Gasteiger partial charge in [-0.05, 0) is 97.6 Å². The van der Waals surface area contributed by atoms with E-state index >= 15 is 0 Å². The molecule has 0 saturated heterocycles. The number of fused-ring (bicyclic) bond motifs is 6. The number of aliphatic hydroxyl groups excluding tert-OH is 2. The molecule has 0 amide bonds. The molecule has 7 heteroatoms. The lowest BCUT2D eigenvalue weighted by Gasteiger charge is -2.60. The first-order valence-corrected chi connectivity index (χ1v) is 13.1. The number of carbonyl (C=O) groups is 1. The summed E-state index contributed by atoms with van der Waals surface area (Å²) in [6.07, 6.45) is 8.21. The number of ketones is 1. The highest BCUT2D eigenvalue weighted by Crippen LogP contribution is 2.68. The Labute approximate surface area is 211 Å². The van der Waals surface area contributed by atoms with Crippen molar-refractivity contribution in [2.75, 3.05) is 13.7 Å². The Morgan fingerprint density at radius 2 is 2.00 bits per heavy atom. The van der Waals surface area contributed by atoms with Crippen molar-refractivity contribution in [3.8, 4) is 5.69 Å². The predicted molar refractivity (Wildman–Crippen MR) is 133 cm³/mol. The lowest BCUT2D eigenvalue weighted by atomic mass is 9.45. The maximum atomic E-state index is 13.5. The van der Waals surface area contributed by atoms with Crippen LogP contribution in [-0.2, 0) is 16.0 Å². The van der Waals surface area contributed by atoms with E-state index in [-0.39, 0.29) is 34.8 Å². The van der Waals surface area contributed by atoms with Crippen molar-refractivity contribution in [3.05, 3.63) is 53.1 Å². The topological polar surface area (TPSA) is 84.6 Å². The van der Waals surface area contributed by atoms with Crippen molar-refractivity contribution in [1.29, 1.82) is 0 Å². The smallest absolute Gasteiger partial charge is 0.190 e. The van der Waals surface area contributed by atoms with E-state index in [1.807, 2.05) is 10.9 Å². The van der Waals surface area contributed by atoms with Gasteiger partial charge >= 0.3 is 0 Å². The Morgan fingerprint density at radius 3 is 2.69 bits per heavy atom. The molecule has 192 valence electrons. The minimum atomic E-state index is -1.04. The van der Waals surface area contributed by atoms with Crippen LogP contribution in [0.1, 0.15) is 57.2 Å². The molecular weight excluding hydrogens is 459 g/mol. The van der Waals surface area contributed by atoms with Gasteiger partial charge in [-0.15, -0.1) is 0 Å². The maximum absolute atomic E-state index is 13.5. The number of nitrogens with zero attached hydrogens (tertiary/aromatic N) is 2. The van der Waals surface area contributed by atoms with E-state index in [4.69, 9.17) is 4.74 Å². The number of aromatic nitrogens is 2. The molecule has 0 bridgehead atoms. The molecule has 7 atom stereocenters. The van der Waals surface area contributed by atoms with Crippen molar-refractivity contribution in [1.82, 2.24) is 9.78 Å². The molecule has 7 unspecified atom stereocenters. The van der Waals surface area contributed by atoms with E-state index < -0.39 is 23.7 Å². The Kier molecular flexibility index (Phi) is 5.38. The largest absolute Gasteiger partial charge is 0.393 e. The summed E-state index contributed by atoms with van der Waals surface area (Å²) in [5.41, 5.74) is 2.60. The number of allylic oxidation sites excluding steroid dienone is 1. The maximum Gasteiger partial charge on any atom is 0.190 e. The van der Waals surface area contributed by atoms with E-state index in [0.717, 1.165) is 42.6 Å². The van der Waals surface area contributed by atoms with Crippen molar-refractivity contribution < 1.29 is 24.1 Å². The van der Waals surface area contributed by atoms with Gasteiger partial charge in [-0.2, -0.15) is 5.10 Å². The van der Waals surface area contributed by atoms with Gasteiger partial charge in [0.05, 0.1) is 23.7 Å². The second-order valence-electron chi connectivity index (χ2n) is 11.9. The summed E-state index contributed by atoms with van der Waals surface area (Å²) in [5, 5.41) is 26.1. The molecule has 1 aromatic carbocycles. The number of ether oxygens (including phenoxy) is 1. The van der Waals surface area contributed by atoms with Crippen LogP contribution in [0.25, 0.3) is 11.8 Å². The van der Waals surface area contributed by atoms with Crippen LogP contribution in [0.5, 0.6) is 0 Å². The normalized spacial score (nSPS) is 39.0. The van der Waals surface area contributed by atoms with Crippen molar-refractivity contribution >= 4 is 11.9 Å². The van der Waals surface area contributed by atoms with Crippen LogP contribution in [0.3, 0.4) is 0 Å². The molecule has 6 nitrogen and oxygen atoms in total. The summed E-state index contributed by atoms with van der Waals surface area (Å²) in [4.78, 5) is 13.0. The summed E-state index contributed by atoms with van der Waals surface area (Å²) in [7, 11) is 1.57. The highest BCUT2D eigenvalue weighted by atomic mass is 19.1. The molecule has 0 spiro atoms. The third-order valence-electron chi connectivity index (χ3n) is 10.6. The number of hydrogen-bond acceptors (Lipinski definition) is 5. The van der Waals surface area contributed by atoms with Crippen molar-refractivity contribution in [2.24, 2.45) is 28.6 Å². The van der Waals surface area contributed by atoms with Crippen LogP contribution in [0.15, 0.2) is 36.0 Å². The molecule has 36 heavy (non-hydrogen) atoms. The average molecular weight is 495 g/mol. The molecule has 0 radical (unpaired) electrons. The highest BCUT2D eigenvalue weighted by molar-refractivity contribution is 5.90. The summed E-state index contributed by atoms with van der Waals surface area (Å²) in [6, 6.07) is 6.39. The summed E-state index contributed by atoms with van der Waals surface area (Å²) in [6.45, 7) is 3.85. The van der Waals surface area contributed by atoms with Crippen LogP contribution < -0.4 is 0 Å². The molecule has 6 rings (SSSR count). The number of hydrogen-bond donors (Lipinski definition) is 2. The van der Waals surface area contributed by atoms with E-state index in [2.05, 4.69) is 25.0 Å². The molecule has 1 heterocycles. The minimum Gasteiger partial charge on any atom is -0.393 e. The first-order valence-electron chi connectivity index (χ1n) is 13.1. The molecule has 3 fully saturated rings. The molecule has 2 N–H and O–H groups in total. The predicted octanol–water partition coefficient (Wildman–Crippen LogP) is 4.11. The number of Topliss-reactive ketones (excluding diaryl/α,β-unsaturated/α-hetero) is 1. The third kappa shape index (κ3) is 2.99. The molecule has 2 aromatic rings. The zero-order valence-electron chi connectivity index (χ0n) is 21.2. The summed E-state index contributed by atoms with van der Waals surface area (Å²) < 4.78 is 21.3. The SMILES string of the molecule is COC1(C(=O)CO)CCC2C3CCC4=Cc5c(cnn5-c5ccc(F)cc5)CC4(C)C3C(O)CC21C. The van der Waals surface area contributed by atoms with Crippen LogP contribution in [0.4, 0.5) is 4.39 Å². The molecule has 4 aliphatic rings. The standard InChI is InChI=1S/C29H35FN2O4/c1-27-13-17-15-31-32(20-7-5-19(30)6-8-20)23(17)12-18(27)4-9-21-22-10-11-29(36-3,25(35)16-33)28(22,2)14-24(34)26(21)27/h5-8,12,15,21-22,24,26,33-34H,4,9-11,13-14,16H2,1-3H3. The zero-order valence-corrected chi connectivity index (χ0v) is 21.2. The van der Waals surface area contributed by atoms with E-state index in [1.165, 1.54) is 17.7 Å². The number of methoxy groups -OCH3 is 1. The average Bonchev–Trinajstić information content (AvgIpc) is 3.39. The van der Waals surface area contributed by atoms with Crippen LogP contribution in [-0.4, -0.2) is 51.2 Å². The van der Waals surface area contributed by atoms with E-state index in [9.17, 15) is 19.4 Å². The number of rotatable bonds is 4. The van der Waals surface area contributed by atoms with Gasteiger partial charge in [-0.1, -0.05) is 19.4 Å². The Hall–Kier alpha value is -2.35. The van der Waals surface area contributed by atoms with Gasteiger partial charge in [-0.3, -0.25) is 4.79 Å². The van der Waals surface area contributed by atoms with Crippen LogP contribution in [0, 0.1) is 34.4 Å². The van der Waals surface area contributed by atoms with Gasteiger partial charge in [0, 0.05) is 12.5 Å². The Bertz CT molecular complexity index is 1240. The molecule has 3 saturated carbocycles. The van der Waals surface area contributed by atoms with Gasteiger partial charge < -0.3 is 14.9 Å². The quantitative estimate of drug-likeness (QED) is 0.668. The molecule has 4 aliphatic carbocycles. The lowest BCUT2D eigenvalue weighted by molar-refractivity contribution is -0.188. The zero-order chi connectivity index (χ0) is 25.5. The minimum absolute atomic E-state index is 0.0785. The second-order valence-corrected chi connectivity index (χ2v) is 11.9. The van der Waals surface area contributed by atoms with Gasteiger partial charge in [0.25, 0.3) is 0 Å². The molecular formula is C29H35FN2O4. The highest BCUT2D eigenvalue weighted by Gasteiger charge is 2.69. The molecule has 0 aliphatic heterocycles. The summed E-state index contributed by atoms with van der Waals surface area (Å²) in [5.74, 6) is 0.0714. The fraction of sp³-hybridized carbons (Fsp3) is 0.586. The van der Waals surface area contributed by atoms with E-state index in [0.29, 0.717) is 12.8 Å². The second kappa shape index (κ2) is 8.07. The van der Waals surface area contributed by atoms with Gasteiger partial charge in [-0.25, -0.2) is 9.07 Å². The lowest BCUT2D eigenvalue weighted by Crippen LogP contribution is -2.62. The first kappa shape index (κ1) is 24.0. The number of carbonyl (C=O) groups excluding carboxylic acids is 1. The number of benzene rings is 1.